The lowest BCUT2D eigenvalue weighted by Gasteiger charge is -2.28. The number of alkyl halides is 3. The second-order valence-corrected chi connectivity index (χ2v) is 11.3. The summed E-state index contributed by atoms with van der Waals surface area (Å²) in [7, 11) is -4.48. The van der Waals surface area contributed by atoms with Crippen molar-refractivity contribution in [2.75, 3.05) is 5.75 Å². The minimum atomic E-state index is -4.64. The molecule has 1 aliphatic carbocycles. The van der Waals surface area contributed by atoms with Gasteiger partial charge in [-0.3, -0.25) is 4.79 Å². The number of nitrogens with one attached hydrogen (secondary N) is 1. The van der Waals surface area contributed by atoms with Gasteiger partial charge in [0.25, 0.3) is 5.91 Å². The molecule has 2 atom stereocenters. The normalized spacial score (nSPS) is 17.7. The van der Waals surface area contributed by atoms with Crippen LogP contribution in [0.3, 0.4) is 0 Å². The van der Waals surface area contributed by atoms with Gasteiger partial charge in [0.2, 0.25) is 0 Å². The summed E-state index contributed by atoms with van der Waals surface area (Å²) in [5, 5.41) is 27.1. The summed E-state index contributed by atoms with van der Waals surface area (Å²) in [6.45, 7) is 1.69. The molecule has 9 nitrogen and oxygen atoms in total. The summed E-state index contributed by atoms with van der Waals surface area (Å²) in [6.07, 6.45) is -3.85. The number of amides is 1. The second kappa shape index (κ2) is 11.7. The van der Waals surface area contributed by atoms with Crippen molar-refractivity contribution in [1.29, 1.82) is 5.26 Å². The summed E-state index contributed by atoms with van der Waals surface area (Å²) in [6, 6.07) is 13.8. The van der Waals surface area contributed by atoms with Crippen LogP contribution in [0.4, 0.5) is 13.2 Å². The summed E-state index contributed by atoms with van der Waals surface area (Å²) in [5.41, 5.74) is 2.41. The number of aliphatic hydroxyl groups excluding tert-OH is 1. The summed E-state index contributed by atoms with van der Waals surface area (Å²) in [5.74, 6) is -1.87. The molecule has 0 aliphatic heterocycles. The van der Waals surface area contributed by atoms with E-state index < -0.39 is 46.5 Å². The Morgan fingerprint density at radius 1 is 1.20 bits per heavy atom. The predicted octanol–water partition coefficient (Wildman–Crippen LogP) is 4.41. The highest BCUT2D eigenvalue weighted by Crippen LogP contribution is 2.31. The molecule has 1 heterocycles. The van der Waals surface area contributed by atoms with Crippen LogP contribution in [0.15, 0.2) is 48.5 Å². The Morgan fingerprint density at radius 2 is 1.90 bits per heavy atom. The van der Waals surface area contributed by atoms with Crippen LogP contribution < -0.4 is 9.50 Å². The van der Waals surface area contributed by atoms with Crippen LogP contribution in [0.1, 0.15) is 53.7 Å². The number of nitriles is 1. The quantitative estimate of drug-likeness (QED) is 0.379. The first-order valence-electron chi connectivity index (χ1n) is 12.6. The standard InChI is InChI=1S/C27H27F3N4O5S/c1-17-24(26(36)32-22-7-2-3-8-23(22)35)33-34(20-6-4-5-18(15-20)16-31)25(17)19-9-11-21(12-10-19)39-40(37,38)14-13-27(28,29)30/h4-6,9-12,15,22-23,35H,2-3,7-8,13-14H2,1H3,(H,32,36). The van der Waals surface area contributed by atoms with E-state index in [2.05, 4.69) is 16.5 Å². The van der Waals surface area contributed by atoms with E-state index in [0.29, 0.717) is 40.9 Å². The van der Waals surface area contributed by atoms with E-state index in [9.17, 15) is 36.8 Å². The first-order valence-corrected chi connectivity index (χ1v) is 14.1. The maximum atomic E-state index is 13.3. The van der Waals surface area contributed by atoms with Gasteiger partial charge in [0.05, 0.1) is 47.3 Å². The van der Waals surface area contributed by atoms with Crippen molar-refractivity contribution in [2.24, 2.45) is 0 Å². The molecular weight excluding hydrogens is 549 g/mol. The fourth-order valence-electron chi connectivity index (χ4n) is 4.56. The Labute approximate surface area is 229 Å². The van der Waals surface area contributed by atoms with E-state index in [-0.39, 0.29) is 11.4 Å². The topological polar surface area (TPSA) is 134 Å². The zero-order chi connectivity index (χ0) is 29.1. The lowest BCUT2D eigenvalue weighted by atomic mass is 9.92. The maximum absolute atomic E-state index is 13.3. The van der Waals surface area contributed by atoms with Crippen LogP contribution in [0, 0.1) is 18.3 Å². The Bertz CT molecular complexity index is 1530. The number of aromatic nitrogens is 2. The molecule has 3 aromatic rings. The molecule has 2 N–H and O–H groups in total. The van der Waals surface area contributed by atoms with Gasteiger partial charge in [0, 0.05) is 11.1 Å². The molecule has 0 spiro atoms. The summed E-state index contributed by atoms with van der Waals surface area (Å²) in [4.78, 5) is 13.3. The van der Waals surface area contributed by atoms with Crippen LogP contribution >= 0.6 is 0 Å². The van der Waals surface area contributed by atoms with Crippen molar-refractivity contribution < 1.29 is 35.7 Å². The zero-order valence-electron chi connectivity index (χ0n) is 21.5. The molecule has 13 heteroatoms. The number of nitrogens with zero attached hydrogens (tertiary/aromatic N) is 3. The molecular formula is C27H27F3N4O5S. The van der Waals surface area contributed by atoms with Crippen molar-refractivity contribution in [2.45, 2.75) is 57.3 Å². The van der Waals surface area contributed by atoms with Crippen LogP contribution in [-0.2, 0) is 10.1 Å². The van der Waals surface area contributed by atoms with E-state index in [1.54, 1.807) is 31.2 Å². The molecule has 4 rings (SSSR count). The smallest absolute Gasteiger partial charge is 0.390 e. The third kappa shape index (κ3) is 7.00. The fraction of sp³-hybridized carbons (Fsp3) is 0.370. The van der Waals surface area contributed by atoms with E-state index in [1.165, 1.54) is 28.9 Å². The van der Waals surface area contributed by atoms with Gasteiger partial charge >= 0.3 is 16.3 Å². The Morgan fingerprint density at radius 3 is 2.55 bits per heavy atom. The van der Waals surface area contributed by atoms with E-state index in [0.717, 1.165) is 12.8 Å². The van der Waals surface area contributed by atoms with E-state index >= 15 is 0 Å². The maximum Gasteiger partial charge on any atom is 0.390 e. The van der Waals surface area contributed by atoms with Crippen LogP contribution in [0.5, 0.6) is 5.75 Å². The minimum absolute atomic E-state index is 0.102. The predicted molar refractivity (Wildman–Crippen MR) is 139 cm³/mol. The minimum Gasteiger partial charge on any atom is -0.391 e. The Balaban J connectivity index is 1.68. The highest BCUT2D eigenvalue weighted by molar-refractivity contribution is 7.87. The van der Waals surface area contributed by atoms with Crippen molar-refractivity contribution in [1.82, 2.24) is 15.1 Å². The lowest BCUT2D eigenvalue weighted by molar-refractivity contribution is -0.130. The molecule has 40 heavy (non-hydrogen) atoms. The number of rotatable bonds is 8. The van der Waals surface area contributed by atoms with Gasteiger partial charge in [0.1, 0.15) is 5.75 Å². The van der Waals surface area contributed by atoms with Crippen LogP contribution in [0.25, 0.3) is 16.9 Å². The lowest BCUT2D eigenvalue weighted by Crippen LogP contribution is -2.45. The molecule has 2 unspecified atom stereocenters. The zero-order valence-corrected chi connectivity index (χ0v) is 22.3. The first kappa shape index (κ1) is 29.1. The molecule has 1 saturated carbocycles. The molecule has 0 saturated heterocycles. The molecule has 1 aliphatic rings. The third-order valence-corrected chi connectivity index (χ3v) is 7.74. The molecule has 1 fully saturated rings. The number of benzene rings is 2. The highest BCUT2D eigenvalue weighted by atomic mass is 32.2. The van der Waals surface area contributed by atoms with Gasteiger partial charge in [-0.05, 0) is 62.2 Å². The second-order valence-electron chi connectivity index (χ2n) is 9.56. The van der Waals surface area contributed by atoms with Crippen molar-refractivity contribution >= 4 is 16.0 Å². The molecule has 212 valence electrons. The largest absolute Gasteiger partial charge is 0.391 e. The van der Waals surface area contributed by atoms with E-state index in [4.69, 9.17) is 4.18 Å². The number of hydrogen-bond donors (Lipinski definition) is 2. The average Bonchev–Trinajstić information content (AvgIpc) is 3.26. The highest BCUT2D eigenvalue weighted by Gasteiger charge is 2.31. The molecule has 1 aromatic heterocycles. The molecule has 0 bridgehead atoms. The number of carbonyl (C=O) groups is 1. The number of carbonyl (C=O) groups excluding carboxylic acids is 1. The monoisotopic (exact) mass is 576 g/mol. The number of aliphatic hydroxyl groups is 1. The van der Waals surface area contributed by atoms with Crippen molar-refractivity contribution in [3.8, 4) is 28.8 Å². The van der Waals surface area contributed by atoms with Gasteiger partial charge in [0.15, 0.2) is 5.69 Å². The molecule has 0 radical (unpaired) electrons. The van der Waals surface area contributed by atoms with Crippen molar-refractivity contribution in [3.63, 3.8) is 0 Å². The SMILES string of the molecule is Cc1c(C(=O)NC2CCCCC2O)nn(-c2cccc(C#N)c2)c1-c1ccc(OS(=O)(=O)CCC(F)(F)F)cc1. The Kier molecular flexibility index (Phi) is 8.51. The number of halogens is 3. The van der Waals surface area contributed by atoms with Crippen LogP contribution in [-0.4, -0.2) is 53.3 Å². The van der Waals surface area contributed by atoms with Gasteiger partial charge in [-0.15, -0.1) is 0 Å². The van der Waals surface area contributed by atoms with Gasteiger partial charge in [-0.1, -0.05) is 18.9 Å². The van der Waals surface area contributed by atoms with Gasteiger partial charge in [-0.25, -0.2) is 4.68 Å². The number of hydrogen-bond acceptors (Lipinski definition) is 7. The average molecular weight is 577 g/mol. The van der Waals surface area contributed by atoms with Crippen LogP contribution in [0.2, 0.25) is 0 Å². The first-order chi connectivity index (χ1) is 18.9. The Hall–Kier alpha value is -3.89. The molecule has 2 aromatic carbocycles. The van der Waals surface area contributed by atoms with Crippen molar-refractivity contribution in [3.05, 3.63) is 65.4 Å². The fourth-order valence-corrected chi connectivity index (χ4v) is 5.53. The summed E-state index contributed by atoms with van der Waals surface area (Å²) >= 11 is 0. The van der Waals surface area contributed by atoms with Gasteiger partial charge < -0.3 is 14.6 Å². The third-order valence-electron chi connectivity index (χ3n) is 6.59. The molecule has 1 amide bonds. The summed E-state index contributed by atoms with van der Waals surface area (Å²) < 4.78 is 67.7. The van der Waals surface area contributed by atoms with Gasteiger partial charge in [-0.2, -0.15) is 31.9 Å². The van der Waals surface area contributed by atoms with E-state index in [1.807, 2.05) is 0 Å².